The maximum atomic E-state index is 11.9. The lowest BCUT2D eigenvalue weighted by molar-refractivity contribution is -0.126. The van der Waals surface area contributed by atoms with E-state index in [1.165, 1.54) is 11.1 Å². The van der Waals surface area contributed by atoms with Crippen molar-refractivity contribution in [3.05, 3.63) is 35.4 Å². The Bertz CT molecular complexity index is 433. The van der Waals surface area contributed by atoms with Crippen molar-refractivity contribution in [2.75, 3.05) is 33.8 Å². The van der Waals surface area contributed by atoms with E-state index in [4.69, 9.17) is 4.74 Å². The molecule has 0 bridgehead atoms. The smallest absolute Gasteiger partial charge is 0.238 e. The largest absolute Gasteiger partial charge is 0.380 e. The highest BCUT2D eigenvalue weighted by atomic mass is 16.5. The predicted octanol–water partition coefficient (Wildman–Crippen LogP) is 0.353. The van der Waals surface area contributed by atoms with Gasteiger partial charge in [0.2, 0.25) is 5.91 Å². The summed E-state index contributed by atoms with van der Waals surface area (Å²) in [5.74, 6) is 0.0770. The summed E-state index contributed by atoms with van der Waals surface area (Å²) in [4.78, 5) is 14.1. The molecule has 1 aromatic carbocycles. The summed E-state index contributed by atoms with van der Waals surface area (Å²) in [6.07, 6.45) is 0. The first kappa shape index (κ1) is 15.0. The van der Waals surface area contributed by atoms with Crippen LogP contribution < -0.4 is 10.6 Å². The van der Waals surface area contributed by atoms with Crippen LogP contribution in [-0.4, -0.2) is 50.6 Å². The molecule has 0 aliphatic carbocycles. The molecule has 0 saturated carbocycles. The van der Waals surface area contributed by atoms with E-state index in [0.29, 0.717) is 13.2 Å². The second kappa shape index (κ2) is 7.38. The lowest BCUT2D eigenvalue weighted by Gasteiger charge is -2.34. The lowest BCUT2D eigenvalue weighted by Crippen LogP contribution is -2.56. The molecule has 1 aliphatic rings. The zero-order chi connectivity index (χ0) is 14.4. The van der Waals surface area contributed by atoms with E-state index >= 15 is 0 Å². The molecule has 5 nitrogen and oxygen atoms in total. The van der Waals surface area contributed by atoms with Gasteiger partial charge in [-0.2, -0.15) is 0 Å². The van der Waals surface area contributed by atoms with Gasteiger partial charge in [0, 0.05) is 40.3 Å². The average molecular weight is 277 g/mol. The van der Waals surface area contributed by atoms with E-state index in [1.54, 1.807) is 14.2 Å². The molecule has 1 heterocycles. The molecule has 0 radical (unpaired) electrons. The molecule has 2 N–H and O–H groups in total. The monoisotopic (exact) mass is 277 g/mol. The fourth-order valence-electron chi connectivity index (χ4n) is 2.50. The normalized spacial score (nSPS) is 19.8. The van der Waals surface area contributed by atoms with Crippen LogP contribution in [0.15, 0.2) is 24.3 Å². The molecule has 1 fully saturated rings. The van der Waals surface area contributed by atoms with Crippen molar-refractivity contribution in [1.29, 1.82) is 0 Å². The highest BCUT2D eigenvalue weighted by Crippen LogP contribution is 2.12. The second-order valence-corrected chi connectivity index (χ2v) is 5.05. The maximum Gasteiger partial charge on any atom is 0.238 e. The van der Waals surface area contributed by atoms with Gasteiger partial charge in [-0.3, -0.25) is 9.69 Å². The van der Waals surface area contributed by atoms with Gasteiger partial charge in [-0.15, -0.1) is 0 Å². The third kappa shape index (κ3) is 3.79. The highest BCUT2D eigenvalue weighted by Gasteiger charge is 2.27. The summed E-state index contributed by atoms with van der Waals surface area (Å²) in [5, 5.41) is 6.01. The number of nitrogens with one attached hydrogen (secondary N) is 2. The van der Waals surface area contributed by atoms with Crippen molar-refractivity contribution >= 4 is 5.91 Å². The molecular formula is C15H23N3O2. The Labute approximate surface area is 120 Å². The number of hydrogen-bond donors (Lipinski definition) is 2. The third-order valence-corrected chi connectivity index (χ3v) is 3.62. The number of hydrogen-bond acceptors (Lipinski definition) is 4. The van der Waals surface area contributed by atoms with Crippen LogP contribution in [0.3, 0.4) is 0 Å². The Kier molecular flexibility index (Phi) is 5.52. The quantitative estimate of drug-likeness (QED) is 0.815. The van der Waals surface area contributed by atoms with Crippen LogP contribution in [0.1, 0.15) is 11.1 Å². The summed E-state index contributed by atoms with van der Waals surface area (Å²) >= 11 is 0. The van der Waals surface area contributed by atoms with Crippen molar-refractivity contribution in [2.24, 2.45) is 0 Å². The Balaban J connectivity index is 2.00. The first-order valence-electron chi connectivity index (χ1n) is 6.97. The van der Waals surface area contributed by atoms with Crippen molar-refractivity contribution in [3.8, 4) is 0 Å². The summed E-state index contributed by atoms with van der Waals surface area (Å²) in [5.41, 5.74) is 2.39. The second-order valence-electron chi connectivity index (χ2n) is 5.05. The van der Waals surface area contributed by atoms with Gasteiger partial charge in [-0.1, -0.05) is 24.3 Å². The minimum absolute atomic E-state index is 0.0770. The molecule has 1 aromatic rings. The molecule has 1 amide bonds. The van der Waals surface area contributed by atoms with Gasteiger partial charge in [0.15, 0.2) is 0 Å². The number of piperazine rings is 1. The van der Waals surface area contributed by atoms with E-state index in [0.717, 1.165) is 19.6 Å². The summed E-state index contributed by atoms with van der Waals surface area (Å²) < 4.78 is 5.11. The van der Waals surface area contributed by atoms with Gasteiger partial charge in [-0.25, -0.2) is 0 Å². The van der Waals surface area contributed by atoms with Crippen LogP contribution in [0.2, 0.25) is 0 Å². The zero-order valence-electron chi connectivity index (χ0n) is 12.2. The van der Waals surface area contributed by atoms with Crippen LogP contribution in [-0.2, 0) is 22.7 Å². The predicted molar refractivity (Wildman–Crippen MR) is 78.3 cm³/mol. The number of carbonyl (C=O) groups excluding carboxylic acids is 1. The van der Waals surface area contributed by atoms with Crippen LogP contribution in [0.25, 0.3) is 0 Å². The Morgan fingerprint density at radius 3 is 2.75 bits per heavy atom. The van der Waals surface area contributed by atoms with Gasteiger partial charge >= 0.3 is 0 Å². The number of likely N-dealkylation sites (N-methyl/N-ethyl adjacent to an activating group) is 1. The van der Waals surface area contributed by atoms with E-state index in [2.05, 4.69) is 39.8 Å². The van der Waals surface area contributed by atoms with Gasteiger partial charge in [-0.05, 0) is 11.1 Å². The number of rotatable bonds is 5. The van der Waals surface area contributed by atoms with Crippen molar-refractivity contribution < 1.29 is 9.53 Å². The molecule has 1 unspecified atom stereocenters. The molecule has 5 heteroatoms. The SMILES string of the molecule is CNC(=O)C1CNCCN1Cc1ccc(COC)cc1. The number of nitrogens with zero attached hydrogens (tertiary/aromatic N) is 1. The van der Waals surface area contributed by atoms with E-state index in [9.17, 15) is 4.79 Å². The Morgan fingerprint density at radius 2 is 2.10 bits per heavy atom. The Morgan fingerprint density at radius 1 is 1.40 bits per heavy atom. The summed E-state index contributed by atoms with van der Waals surface area (Å²) in [6.45, 7) is 3.95. The van der Waals surface area contributed by atoms with E-state index in [1.807, 2.05) is 0 Å². The molecule has 2 rings (SSSR count). The molecule has 20 heavy (non-hydrogen) atoms. The van der Waals surface area contributed by atoms with Gasteiger partial charge in [0.05, 0.1) is 6.61 Å². The standard InChI is InChI=1S/C15H23N3O2/c1-16-15(19)14-9-17-7-8-18(14)10-12-3-5-13(6-4-12)11-20-2/h3-6,14,17H,7-11H2,1-2H3,(H,16,19). The van der Waals surface area contributed by atoms with Crippen LogP contribution >= 0.6 is 0 Å². The molecule has 0 aromatic heterocycles. The first-order valence-corrected chi connectivity index (χ1v) is 6.97. The molecule has 1 saturated heterocycles. The van der Waals surface area contributed by atoms with E-state index < -0.39 is 0 Å². The number of benzene rings is 1. The van der Waals surface area contributed by atoms with Gasteiger partial charge < -0.3 is 15.4 Å². The fraction of sp³-hybridized carbons (Fsp3) is 0.533. The maximum absolute atomic E-state index is 11.9. The molecule has 1 aliphatic heterocycles. The average Bonchev–Trinajstić information content (AvgIpc) is 2.49. The van der Waals surface area contributed by atoms with Gasteiger partial charge in [0.25, 0.3) is 0 Å². The first-order chi connectivity index (χ1) is 9.74. The van der Waals surface area contributed by atoms with Crippen molar-refractivity contribution in [1.82, 2.24) is 15.5 Å². The third-order valence-electron chi connectivity index (χ3n) is 3.62. The van der Waals surface area contributed by atoms with Crippen molar-refractivity contribution in [2.45, 2.75) is 19.2 Å². The van der Waals surface area contributed by atoms with Crippen LogP contribution in [0.5, 0.6) is 0 Å². The minimum Gasteiger partial charge on any atom is -0.380 e. The minimum atomic E-state index is -0.0904. The van der Waals surface area contributed by atoms with Crippen LogP contribution in [0, 0.1) is 0 Å². The zero-order valence-corrected chi connectivity index (χ0v) is 12.2. The number of methoxy groups -OCH3 is 1. The molecular weight excluding hydrogens is 254 g/mol. The molecule has 110 valence electrons. The highest BCUT2D eigenvalue weighted by molar-refractivity contribution is 5.81. The van der Waals surface area contributed by atoms with E-state index in [-0.39, 0.29) is 11.9 Å². The fourth-order valence-corrected chi connectivity index (χ4v) is 2.50. The van der Waals surface area contributed by atoms with Crippen molar-refractivity contribution in [3.63, 3.8) is 0 Å². The van der Waals surface area contributed by atoms with Gasteiger partial charge in [0.1, 0.15) is 6.04 Å². The topological polar surface area (TPSA) is 53.6 Å². The number of ether oxygens (including phenoxy) is 1. The number of amides is 1. The summed E-state index contributed by atoms with van der Waals surface area (Å²) in [7, 11) is 3.39. The number of carbonyl (C=O) groups is 1. The molecule has 1 atom stereocenters. The van der Waals surface area contributed by atoms with Crippen LogP contribution in [0.4, 0.5) is 0 Å². The Hall–Kier alpha value is -1.43. The molecule has 0 spiro atoms. The summed E-state index contributed by atoms with van der Waals surface area (Å²) in [6, 6.07) is 8.29. The lowest BCUT2D eigenvalue weighted by atomic mass is 10.1.